The summed E-state index contributed by atoms with van der Waals surface area (Å²) in [5.74, 6) is 0.988. The Morgan fingerprint density at radius 2 is 1.24 bits per heavy atom. The van der Waals surface area contributed by atoms with Gasteiger partial charge in [-0.25, -0.2) is 0 Å². The molecular formula is C27H30OSi. The Labute approximate surface area is 175 Å². The summed E-state index contributed by atoms with van der Waals surface area (Å²) >= 11 is 0. The topological polar surface area (TPSA) is 17.1 Å². The zero-order chi connectivity index (χ0) is 20.5. The highest BCUT2D eigenvalue weighted by molar-refractivity contribution is 7.04. The highest BCUT2D eigenvalue weighted by Gasteiger charge is 2.54. The standard InChI is InChI=1S/C27H30OSi/c1-27(2,3)29(23-15-9-5-10-16-23,24-17-11-6-12-18-24)20-22-19-25(22)26(28)21-13-7-4-8-14-21/h4-18,22,25H,19-20H2,1-3H3/t22-,25+/m1/s1. The van der Waals surface area contributed by atoms with Gasteiger partial charge in [-0.3, -0.25) is 4.79 Å². The molecule has 0 heterocycles. The molecule has 2 atom stereocenters. The minimum absolute atomic E-state index is 0.151. The first-order valence-corrected chi connectivity index (χ1v) is 12.8. The average molecular weight is 399 g/mol. The van der Waals surface area contributed by atoms with Gasteiger partial charge in [0.1, 0.15) is 8.07 Å². The molecule has 0 unspecified atom stereocenters. The van der Waals surface area contributed by atoms with Crippen molar-refractivity contribution in [2.45, 2.75) is 38.3 Å². The first-order valence-electron chi connectivity index (χ1n) is 10.6. The Balaban J connectivity index is 1.72. The van der Waals surface area contributed by atoms with E-state index < -0.39 is 8.07 Å². The Kier molecular flexibility index (Phi) is 5.31. The second kappa shape index (κ2) is 7.76. The molecule has 0 spiro atoms. The molecule has 1 fully saturated rings. The van der Waals surface area contributed by atoms with Crippen LogP contribution in [-0.4, -0.2) is 13.9 Å². The zero-order valence-corrected chi connectivity index (χ0v) is 18.6. The SMILES string of the molecule is CC(C)(C)[Si](C[C@H]1C[C@@H]1C(=O)c1ccccc1)(c1ccccc1)c1ccccc1. The van der Waals surface area contributed by atoms with Crippen molar-refractivity contribution >= 4 is 24.2 Å². The first-order chi connectivity index (χ1) is 13.9. The van der Waals surface area contributed by atoms with Crippen LogP contribution in [0.1, 0.15) is 37.6 Å². The van der Waals surface area contributed by atoms with Crippen LogP contribution in [0.3, 0.4) is 0 Å². The number of ketones is 1. The summed E-state index contributed by atoms with van der Waals surface area (Å²) in [5, 5.41) is 3.12. The lowest BCUT2D eigenvalue weighted by atomic mass is 10.1. The number of hydrogen-bond donors (Lipinski definition) is 0. The predicted molar refractivity (Wildman–Crippen MR) is 125 cm³/mol. The van der Waals surface area contributed by atoms with E-state index in [2.05, 4.69) is 81.4 Å². The lowest BCUT2D eigenvalue weighted by Gasteiger charge is -2.44. The van der Waals surface area contributed by atoms with E-state index in [4.69, 9.17) is 0 Å². The van der Waals surface area contributed by atoms with Gasteiger partial charge < -0.3 is 0 Å². The van der Waals surface area contributed by atoms with Gasteiger partial charge in [-0.2, -0.15) is 0 Å². The summed E-state index contributed by atoms with van der Waals surface area (Å²) < 4.78 is 0. The van der Waals surface area contributed by atoms with Crippen LogP contribution in [0.2, 0.25) is 11.1 Å². The molecule has 0 aliphatic heterocycles. The van der Waals surface area contributed by atoms with Crippen LogP contribution in [0.5, 0.6) is 0 Å². The van der Waals surface area contributed by atoms with Gasteiger partial charge in [0.15, 0.2) is 5.78 Å². The molecule has 29 heavy (non-hydrogen) atoms. The molecule has 2 heteroatoms. The van der Waals surface area contributed by atoms with Crippen molar-refractivity contribution in [3.63, 3.8) is 0 Å². The third-order valence-electron chi connectivity index (χ3n) is 6.70. The summed E-state index contributed by atoms with van der Waals surface area (Å²) in [6, 6.07) is 33.1. The molecule has 0 bridgehead atoms. The second-order valence-corrected chi connectivity index (χ2v) is 14.3. The van der Waals surface area contributed by atoms with Gasteiger partial charge in [-0.1, -0.05) is 122 Å². The Bertz CT molecular complexity index is 918. The van der Waals surface area contributed by atoms with Crippen LogP contribution in [0, 0.1) is 11.8 Å². The van der Waals surface area contributed by atoms with Crippen molar-refractivity contribution in [1.29, 1.82) is 0 Å². The van der Waals surface area contributed by atoms with Crippen molar-refractivity contribution in [3.8, 4) is 0 Å². The van der Waals surface area contributed by atoms with Crippen molar-refractivity contribution in [1.82, 2.24) is 0 Å². The fourth-order valence-corrected chi connectivity index (χ4v) is 10.9. The van der Waals surface area contributed by atoms with Gasteiger partial charge in [0.05, 0.1) is 0 Å². The predicted octanol–water partition coefficient (Wildman–Crippen LogP) is 5.57. The van der Waals surface area contributed by atoms with E-state index in [1.54, 1.807) is 0 Å². The fraction of sp³-hybridized carbons (Fsp3) is 0.296. The molecule has 0 radical (unpaired) electrons. The molecule has 0 N–H and O–H groups in total. The number of hydrogen-bond acceptors (Lipinski definition) is 1. The molecule has 3 aromatic rings. The summed E-state index contributed by atoms with van der Waals surface area (Å²) in [6.07, 6.45) is 1.03. The third-order valence-corrected chi connectivity index (χ3v) is 13.0. The normalized spacial score (nSPS) is 19.0. The molecule has 0 aromatic heterocycles. The number of carbonyl (C=O) groups excluding carboxylic acids is 1. The maximum Gasteiger partial charge on any atom is 0.166 e. The highest BCUT2D eigenvalue weighted by Crippen LogP contribution is 2.51. The number of rotatable bonds is 6. The van der Waals surface area contributed by atoms with E-state index >= 15 is 0 Å². The third kappa shape index (κ3) is 3.74. The quantitative estimate of drug-likeness (QED) is 0.392. The van der Waals surface area contributed by atoms with E-state index in [-0.39, 0.29) is 11.0 Å². The molecule has 3 aromatic carbocycles. The molecule has 0 amide bonds. The monoisotopic (exact) mass is 398 g/mol. The van der Waals surface area contributed by atoms with Gasteiger partial charge in [-0.05, 0) is 23.4 Å². The van der Waals surface area contributed by atoms with E-state index in [0.717, 1.165) is 18.0 Å². The summed E-state index contributed by atoms with van der Waals surface area (Å²) in [7, 11) is -2.09. The summed E-state index contributed by atoms with van der Waals surface area (Å²) in [4.78, 5) is 13.0. The van der Waals surface area contributed by atoms with E-state index in [1.165, 1.54) is 10.4 Å². The number of benzene rings is 3. The Hall–Kier alpha value is -2.45. The second-order valence-electron chi connectivity index (χ2n) is 9.42. The van der Waals surface area contributed by atoms with Crippen LogP contribution >= 0.6 is 0 Å². The summed E-state index contributed by atoms with van der Waals surface area (Å²) in [6.45, 7) is 7.20. The minimum atomic E-state index is -2.09. The van der Waals surface area contributed by atoms with E-state index in [1.807, 2.05) is 30.3 Å². The van der Waals surface area contributed by atoms with Crippen LogP contribution in [-0.2, 0) is 0 Å². The van der Waals surface area contributed by atoms with Crippen molar-refractivity contribution in [2.24, 2.45) is 11.8 Å². The number of Topliss-reactive ketones (excluding diaryl/α,β-unsaturated/α-hetero) is 1. The van der Waals surface area contributed by atoms with Gasteiger partial charge in [-0.15, -0.1) is 0 Å². The number of carbonyl (C=O) groups is 1. The smallest absolute Gasteiger partial charge is 0.166 e. The summed E-state index contributed by atoms with van der Waals surface area (Å²) in [5.41, 5.74) is 0.863. The molecular weight excluding hydrogens is 368 g/mol. The maximum atomic E-state index is 13.0. The fourth-order valence-electron chi connectivity index (χ4n) is 5.02. The van der Waals surface area contributed by atoms with Crippen LogP contribution in [0.15, 0.2) is 91.0 Å². The molecule has 1 aliphatic rings. The van der Waals surface area contributed by atoms with Gasteiger partial charge in [0.25, 0.3) is 0 Å². The zero-order valence-electron chi connectivity index (χ0n) is 17.6. The lowest BCUT2D eigenvalue weighted by molar-refractivity contribution is 0.0962. The van der Waals surface area contributed by atoms with Gasteiger partial charge >= 0.3 is 0 Å². The largest absolute Gasteiger partial charge is 0.294 e. The molecule has 1 aliphatic carbocycles. The Morgan fingerprint density at radius 3 is 1.69 bits per heavy atom. The Morgan fingerprint density at radius 1 is 0.793 bits per heavy atom. The van der Waals surface area contributed by atoms with Crippen molar-refractivity contribution in [2.75, 3.05) is 0 Å². The van der Waals surface area contributed by atoms with E-state index in [9.17, 15) is 4.79 Å². The average Bonchev–Trinajstić information content (AvgIpc) is 3.51. The lowest BCUT2D eigenvalue weighted by Crippen LogP contribution is -2.64. The molecule has 1 nitrogen and oxygen atoms in total. The first kappa shape index (κ1) is 19.8. The molecule has 1 saturated carbocycles. The van der Waals surface area contributed by atoms with Gasteiger partial charge in [0, 0.05) is 11.5 Å². The van der Waals surface area contributed by atoms with Gasteiger partial charge in [0.2, 0.25) is 0 Å². The molecule has 4 rings (SSSR count). The maximum absolute atomic E-state index is 13.0. The van der Waals surface area contributed by atoms with Crippen molar-refractivity contribution in [3.05, 3.63) is 96.6 Å². The van der Waals surface area contributed by atoms with Crippen LogP contribution in [0.4, 0.5) is 0 Å². The van der Waals surface area contributed by atoms with Crippen molar-refractivity contribution < 1.29 is 4.79 Å². The minimum Gasteiger partial charge on any atom is -0.294 e. The molecule has 0 saturated heterocycles. The van der Waals surface area contributed by atoms with E-state index in [0.29, 0.717) is 11.7 Å². The highest BCUT2D eigenvalue weighted by atomic mass is 28.3. The molecule has 148 valence electrons. The van der Waals surface area contributed by atoms with Crippen LogP contribution < -0.4 is 10.4 Å². The van der Waals surface area contributed by atoms with Crippen LogP contribution in [0.25, 0.3) is 0 Å².